The van der Waals surface area contributed by atoms with Crippen LogP contribution in [0.15, 0.2) is 40.6 Å². The number of carbonyl (C=O) groups is 2. The Hall–Kier alpha value is -4.26. The van der Waals surface area contributed by atoms with Crippen molar-refractivity contribution in [3.8, 4) is 0 Å². The van der Waals surface area contributed by atoms with Crippen LogP contribution < -0.4 is 22.1 Å². The molecule has 0 atom stereocenters. The summed E-state index contributed by atoms with van der Waals surface area (Å²) < 4.78 is 13.3. The van der Waals surface area contributed by atoms with E-state index >= 15 is 0 Å². The first-order chi connectivity index (χ1) is 17.5. The van der Waals surface area contributed by atoms with E-state index in [-0.39, 0.29) is 45.5 Å². The van der Waals surface area contributed by atoms with Gasteiger partial charge in [0.05, 0.1) is 17.8 Å². The Morgan fingerprint density at radius 3 is 2.46 bits per heavy atom. The Labute approximate surface area is 216 Å². The molecule has 1 saturated heterocycles. The first-order valence-corrected chi connectivity index (χ1v) is 11.6. The number of allylic oxidation sites excluding steroid dienone is 1. The third-order valence-corrected chi connectivity index (χ3v) is 6.52. The number of carbonyl (C=O) groups excluding carboxylic acids is 2. The summed E-state index contributed by atoms with van der Waals surface area (Å²) in [7, 11) is 0. The fourth-order valence-corrected chi connectivity index (χ4v) is 4.32. The molecule has 1 spiro atoms. The highest BCUT2D eigenvalue weighted by Crippen LogP contribution is 2.27. The zero-order valence-electron chi connectivity index (χ0n) is 19.8. The number of benzene rings is 1. The van der Waals surface area contributed by atoms with E-state index in [4.69, 9.17) is 28.5 Å². The van der Waals surface area contributed by atoms with Gasteiger partial charge in [0.1, 0.15) is 17.1 Å². The van der Waals surface area contributed by atoms with Gasteiger partial charge in [-0.3, -0.25) is 25.3 Å². The molecule has 2 aliphatic rings. The molecule has 14 heteroatoms. The number of nitrogen functional groups attached to an aromatic ring is 2. The average Bonchev–Trinajstić information content (AvgIpc) is 3.23. The van der Waals surface area contributed by atoms with Crippen molar-refractivity contribution in [3.05, 3.63) is 57.8 Å². The van der Waals surface area contributed by atoms with Crippen LogP contribution in [0, 0.1) is 11.2 Å². The van der Waals surface area contributed by atoms with Crippen molar-refractivity contribution in [1.82, 2.24) is 25.5 Å². The molecule has 2 aliphatic heterocycles. The largest absolute Gasteiger partial charge is 0.512 e. The van der Waals surface area contributed by atoms with E-state index in [2.05, 4.69) is 25.6 Å². The van der Waals surface area contributed by atoms with Gasteiger partial charge in [-0.25, -0.2) is 14.4 Å². The zero-order valence-corrected chi connectivity index (χ0v) is 20.6. The Balaban J connectivity index is 1.38. The van der Waals surface area contributed by atoms with Crippen molar-refractivity contribution >= 4 is 46.7 Å². The molecule has 12 nitrogen and oxygen atoms in total. The summed E-state index contributed by atoms with van der Waals surface area (Å²) in [5.74, 6) is -1.95. The number of aliphatic hydroxyl groups is 1. The number of aromatic nitrogens is 2. The second-order valence-corrected chi connectivity index (χ2v) is 9.15. The maximum absolute atomic E-state index is 13.3. The van der Waals surface area contributed by atoms with Crippen LogP contribution in [-0.2, 0) is 4.79 Å². The van der Waals surface area contributed by atoms with Crippen molar-refractivity contribution < 1.29 is 19.1 Å². The SMILES string of the molecule is C/C(O)=C(/C(=N)c1ccc(F)cc1)C(=O)N1CCC2(CC1)CN=C(NC(=O)c1nc(Cl)c(N)nc1N)N2. The molecule has 0 aliphatic carbocycles. The lowest BCUT2D eigenvalue weighted by Gasteiger charge is -2.39. The summed E-state index contributed by atoms with van der Waals surface area (Å²) in [5.41, 5.74) is 10.6. The lowest BCUT2D eigenvalue weighted by molar-refractivity contribution is -0.128. The van der Waals surface area contributed by atoms with Gasteiger partial charge >= 0.3 is 0 Å². The van der Waals surface area contributed by atoms with Gasteiger partial charge in [0.2, 0.25) is 0 Å². The van der Waals surface area contributed by atoms with E-state index in [1.165, 1.54) is 31.2 Å². The summed E-state index contributed by atoms with van der Waals surface area (Å²) in [4.78, 5) is 39.4. The lowest BCUT2D eigenvalue weighted by Crippen LogP contribution is -2.57. The summed E-state index contributed by atoms with van der Waals surface area (Å²) in [5, 5.41) is 24.3. The minimum atomic E-state index is -0.657. The number of aliphatic hydroxyl groups excluding tert-OH is 1. The zero-order chi connectivity index (χ0) is 26.9. The van der Waals surface area contributed by atoms with Crippen molar-refractivity contribution in [2.45, 2.75) is 25.3 Å². The van der Waals surface area contributed by atoms with E-state index in [0.717, 1.165) is 0 Å². The molecule has 4 rings (SSSR count). The maximum atomic E-state index is 13.3. The highest BCUT2D eigenvalue weighted by atomic mass is 35.5. The first kappa shape index (κ1) is 25.8. The number of anilines is 2. The molecule has 1 fully saturated rings. The quantitative estimate of drug-likeness (QED) is 0.194. The summed E-state index contributed by atoms with van der Waals surface area (Å²) in [6.07, 6.45) is 0.998. The van der Waals surface area contributed by atoms with Gasteiger partial charge in [-0.15, -0.1) is 0 Å². The van der Waals surface area contributed by atoms with Gasteiger partial charge < -0.3 is 26.8 Å². The Morgan fingerprint density at radius 1 is 1.19 bits per heavy atom. The third-order valence-electron chi connectivity index (χ3n) is 6.24. The van der Waals surface area contributed by atoms with Crippen LogP contribution in [-0.4, -0.2) is 68.6 Å². The molecule has 2 amide bonds. The molecule has 0 unspecified atom stereocenters. The molecule has 3 heterocycles. The van der Waals surface area contributed by atoms with Gasteiger partial charge in [0.25, 0.3) is 11.8 Å². The van der Waals surface area contributed by atoms with Gasteiger partial charge in [-0.05, 0) is 44.0 Å². The molecular formula is C23H25ClFN9O3. The van der Waals surface area contributed by atoms with Gasteiger partial charge in [-0.2, -0.15) is 0 Å². The van der Waals surface area contributed by atoms with Crippen molar-refractivity contribution in [2.24, 2.45) is 4.99 Å². The fraction of sp³-hybridized carbons (Fsp3) is 0.304. The van der Waals surface area contributed by atoms with Crippen LogP contribution in [0.4, 0.5) is 16.0 Å². The van der Waals surface area contributed by atoms with Gasteiger partial charge in [0.15, 0.2) is 28.4 Å². The molecular weight excluding hydrogens is 505 g/mol. The number of rotatable bonds is 4. The van der Waals surface area contributed by atoms with Gasteiger partial charge in [0, 0.05) is 18.7 Å². The van der Waals surface area contributed by atoms with Crippen molar-refractivity contribution in [3.63, 3.8) is 0 Å². The van der Waals surface area contributed by atoms with Crippen LogP contribution in [0.2, 0.25) is 5.15 Å². The predicted molar refractivity (Wildman–Crippen MR) is 136 cm³/mol. The molecule has 8 N–H and O–H groups in total. The standard InChI is InChI=1S/C23H25ClFN9O3/c1-11(35)14(15(26)12-2-4-13(25)5-3-12)21(37)34-8-6-23(7-9-34)10-29-22(33-23)32-20(36)16-18(27)31-19(28)17(24)30-16/h2-5,26,35H,6-10H2,1H3,(H4,27,28,31)(H2,29,32,33,36)/b14-11+,26-15?. The van der Waals surface area contributed by atoms with Crippen molar-refractivity contribution in [2.75, 3.05) is 31.1 Å². The number of likely N-dealkylation sites (tertiary alicyclic amines) is 1. The lowest BCUT2D eigenvalue weighted by atomic mass is 9.87. The summed E-state index contributed by atoms with van der Waals surface area (Å²) in [6.45, 7) is 2.34. The van der Waals surface area contributed by atoms with E-state index in [0.29, 0.717) is 38.0 Å². The number of guanidine groups is 1. The molecule has 0 radical (unpaired) electrons. The maximum Gasteiger partial charge on any atom is 0.280 e. The van der Waals surface area contributed by atoms with Crippen molar-refractivity contribution in [1.29, 1.82) is 5.41 Å². The highest BCUT2D eigenvalue weighted by molar-refractivity contribution is 6.31. The minimum Gasteiger partial charge on any atom is -0.512 e. The topological polar surface area (TPSA) is 196 Å². The van der Waals surface area contributed by atoms with Crippen LogP contribution in [0.25, 0.3) is 0 Å². The first-order valence-electron chi connectivity index (χ1n) is 11.3. The average molecular weight is 530 g/mol. The second kappa shape index (κ2) is 10.0. The number of amides is 2. The van der Waals surface area contributed by atoms with E-state index < -0.39 is 23.2 Å². The number of piperidine rings is 1. The number of hydrogen-bond acceptors (Lipinski definition) is 10. The predicted octanol–water partition coefficient (Wildman–Crippen LogP) is 1.38. The molecule has 0 bridgehead atoms. The summed E-state index contributed by atoms with van der Waals surface area (Å²) in [6, 6.07) is 5.14. The Bertz CT molecular complexity index is 1330. The number of hydrogen-bond donors (Lipinski definition) is 6. The number of halogens is 2. The minimum absolute atomic E-state index is 0.0884. The van der Waals surface area contributed by atoms with E-state index in [9.17, 15) is 19.1 Å². The van der Waals surface area contributed by atoms with Crippen LogP contribution in [0.5, 0.6) is 0 Å². The van der Waals surface area contributed by atoms with E-state index in [1.807, 2.05) is 0 Å². The third kappa shape index (κ3) is 5.31. The van der Waals surface area contributed by atoms with Crippen LogP contribution in [0.1, 0.15) is 35.8 Å². The van der Waals surface area contributed by atoms with Crippen LogP contribution in [0.3, 0.4) is 0 Å². The molecule has 1 aromatic heterocycles. The normalized spacial score (nSPS) is 17.1. The molecule has 194 valence electrons. The molecule has 2 aromatic rings. The number of nitrogens with one attached hydrogen (secondary N) is 3. The second-order valence-electron chi connectivity index (χ2n) is 8.79. The monoisotopic (exact) mass is 529 g/mol. The number of nitrogens with two attached hydrogens (primary N) is 2. The molecule has 37 heavy (non-hydrogen) atoms. The molecule has 0 saturated carbocycles. The molecule has 1 aromatic carbocycles. The number of nitrogens with zero attached hydrogens (tertiary/aromatic N) is 4. The van der Waals surface area contributed by atoms with E-state index in [1.54, 1.807) is 4.90 Å². The summed E-state index contributed by atoms with van der Waals surface area (Å²) >= 11 is 5.85. The fourth-order valence-electron chi connectivity index (χ4n) is 4.19. The smallest absolute Gasteiger partial charge is 0.280 e. The number of aliphatic imine (C=N–C) groups is 1. The Morgan fingerprint density at radius 2 is 1.84 bits per heavy atom. The Kier molecular flexibility index (Phi) is 6.99. The van der Waals surface area contributed by atoms with Gasteiger partial charge in [-0.1, -0.05) is 11.6 Å². The van der Waals surface area contributed by atoms with Crippen LogP contribution >= 0.6 is 11.6 Å². The highest BCUT2D eigenvalue weighted by Gasteiger charge is 2.41.